The zero-order chi connectivity index (χ0) is 17.0. The molecule has 0 bridgehead atoms. The maximum absolute atomic E-state index is 12.9. The number of nitrogens with zero attached hydrogens (tertiary/aromatic N) is 1. The summed E-state index contributed by atoms with van der Waals surface area (Å²) in [5, 5.41) is -1.18. The largest absolute Gasteiger partial charge is 0.314 e. The quantitative estimate of drug-likeness (QED) is 0.844. The molecular weight excluding hydrogens is 317 g/mol. The summed E-state index contributed by atoms with van der Waals surface area (Å²) in [6.07, 6.45) is 0. The highest BCUT2D eigenvalue weighted by Gasteiger charge is 2.30. The van der Waals surface area contributed by atoms with Gasteiger partial charge in [-0.3, -0.25) is 4.79 Å². The van der Waals surface area contributed by atoms with Crippen LogP contribution >= 0.6 is 0 Å². The Balaban J connectivity index is 2.15. The van der Waals surface area contributed by atoms with E-state index in [1.165, 1.54) is 36.1 Å². The Kier molecular flexibility index (Phi) is 5.15. The van der Waals surface area contributed by atoms with Crippen molar-refractivity contribution in [3.63, 3.8) is 0 Å². The average molecular weight is 335 g/mol. The molecule has 0 fully saturated rings. The minimum absolute atomic E-state index is 0.303. The number of hydrogen-bond donors (Lipinski definition) is 0. The smallest absolute Gasteiger partial charge is 0.244 e. The highest BCUT2D eigenvalue weighted by Crippen LogP contribution is 2.17. The van der Waals surface area contributed by atoms with Crippen LogP contribution in [0.25, 0.3) is 0 Å². The van der Waals surface area contributed by atoms with E-state index in [1.54, 1.807) is 31.3 Å². The summed E-state index contributed by atoms with van der Waals surface area (Å²) >= 11 is 0. The molecule has 122 valence electrons. The van der Waals surface area contributed by atoms with Gasteiger partial charge in [0.1, 0.15) is 11.1 Å². The highest BCUT2D eigenvalue weighted by atomic mass is 32.2. The molecule has 6 heteroatoms. The molecule has 1 atom stereocenters. The van der Waals surface area contributed by atoms with Crippen molar-refractivity contribution in [1.29, 1.82) is 0 Å². The summed E-state index contributed by atoms with van der Waals surface area (Å²) in [7, 11) is -2.15. The van der Waals surface area contributed by atoms with Gasteiger partial charge in [0.25, 0.3) is 0 Å². The monoisotopic (exact) mass is 335 g/mol. The second-order valence-corrected chi connectivity index (χ2v) is 7.63. The van der Waals surface area contributed by atoms with E-state index in [0.29, 0.717) is 11.3 Å². The van der Waals surface area contributed by atoms with Gasteiger partial charge in [0, 0.05) is 12.7 Å². The van der Waals surface area contributed by atoms with E-state index in [4.69, 9.17) is 0 Å². The standard InChI is InChI=1S/C17H18FNO3S/c1-13(17(20)19(2)16-6-4-3-5-7-16)23(21,22)12-14-8-10-15(18)11-9-14/h3-11,13H,12H2,1-2H3. The summed E-state index contributed by atoms with van der Waals surface area (Å²) in [6, 6.07) is 14.1. The van der Waals surface area contributed by atoms with Gasteiger partial charge in [-0.1, -0.05) is 30.3 Å². The van der Waals surface area contributed by atoms with Crippen LogP contribution in [0.5, 0.6) is 0 Å². The topological polar surface area (TPSA) is 54.5 Å². The third-order valence-corrected chi connectivity index (χ3v) is 5.66. The molecule has 0 saturated carbocycles. The maximum Gasteiger partial charge on any atom is 0.244 e. The van der Waals surface area contributed by atoms with Gasteiger partial charge in [-0.15, -0.1) is 0 Å². The van der Waals surface area contributed by atoms with Crippen LogP contribution in [-0.2, 0) is 20.4 Å². The first-order valence-corrected chi connectivity index (χ1v) is 8.81. The average Bonchev–Trinajstić information content (AvgIpc) is 2.55. The number of hydrogen-bond acceptors (Lipinski definition) is 3. The number of halogens is 1. The van der Waals surface area contributed by atoms with E-state index in [9.17, 15) is 17.6 Å². The number of para-hydroxylation sites is 1. The van der Waals surface area contributed by atoms with Crippen LogP contribution < -0.4 is 4.90 Å². The number of sulfone groups is 1. The van der Waals surface area contributed by atoms with Crippen molar-refractivity contribution < 1.29 is 17.6 Å². The molecule has 2 rings (SSSR count). The van der Waals surface area contributed by atoms with Crippen LogP contribution in [0.15, 0.2) is 54.6 Å². The normalized spacial score (nSPS) is 12.7. The Morgan fingerprint density at radius 1 is 1.09 bits per heavy atom. The Bertz CT molecular complexity index is 773. The molecule has 2 aromatic rings. The SMILES string of the molecule is CC(C(=O)N(C)c1ccccc1)S(=O)(=O)Cc1ccc(F)cc1. The second kappa shape index (κ2) is 6.91. The van der Waals surface area contributed by atoms with Crippen LogP contribution in [0.1, 0.15) is 12.5 Å². The summed E-state index contributed by atoms with van der Waals surface area (Å²) in [6.45, 7) is 1.38. The van der Waals surface area contributed by atoms with Crippen molar-refractivity contribution >= 4 is 21.4 Å². The summed E-state index contributed by atoms with van der Waals surface area (Å²) in [5.74, 6) is -1.24. The molecule has 0 radical (unpaired) electrons. The van der Waals surface area contributed by atoms with E-state index in [-0.39, 0.29) is 5.75 Å². The lowest BCUT2D eigenvalue weighted by atomic mass is 10.2. The molecule has 0 spiro atoms. The Morgan fingerprint density at radius 2 is 1.65 bits per heavy atom. The first-order chi connectivity index (χ1) is 10.8. The van der Waals surface area contributed by atoms with E-state index < -0.39 is 26.8 Å². The highest BCUT2D eigenvalue weighted by molar-refractivity contribution is 7.92. The summed E-state index contributed by atoms with van der Waals surface area (Å²) < 4.78 is 37.7. The van der Waals surface area contributed by atoms with Crippen molar-refractivity contribution in [3.8, 4) is 0 Å². The number of benzene rings is 2. The Labute approximate surface area is 135 Å². The number of carbonyl (C=O) groups is 1. The first kappa shape index (κ1) is 17.1. The lowest BCUT2D eigenvalue weighted by molar-refractivity contribution is -0.117. The molecule has 0 aromatic heterocycles. The predicted octanol–water partition coefficient (Wildman–Crippen LogP) is 2.79. The van der Waals surface area contributed by atoms with Gasteiger partial charge in [0.15, 0.2) is 9.84 Å². The first-order valence-electron chi connectivity index (χ1n) is 7.10. The van der Waals surface area contributed by atoms with Gasteiger partial charge in [-0.2, -0.15) is 0 Å². The molecule has 0 aliphatic carbocycles. The lowest BCUT2D eigenvalue weighted by Crippen LogP contribution is -2.39. The minimum atomic E-state index is -3.69. The molecule has 0 N–H and O–H groups in total. The summed E-state index contributed by atoms with van der Waals surface area (Å²) in [5.41, 5.74) is 1.08. The molecule has 0 heterocycles. The molecule has 2 aromatic carbocycles. The predicted molar refractivity (Wildman–Crippen MR) is 88.3 cm³/mol. The molecule has 4 nitrogen and oxygen atoms in total. The van der Waals surface area contributed by atoms with Gasteiger partial charge >= 0.3 is 0 Å². The van der Waals surface area contributed by atoms with Crippen molar-refractivity contribution in [2.75, 3.05) is 11.9 Å². The van der Waals surface area contributed by atoms with Crippen molar-refractivity contribution in [3.05, 3.63) is 66.0 Å². The van der Waals surface area contributed by atoms with Crippen LogP contribution in [0, 0.1) is 5.82 Å². The number of rotatable bonds is 5. The maximum atomic E-state index is 12.9. The number of amides is 1. The second-order valence-electron chi connectivity index (χ2n) is 5.31. The molecule has 1 unspecified atom stereocenters. The molecular formula is C17H18FNO3S. The Hall–Kier alpha value is -2.21. The van der Waals surface area contributed by atoms with Gasteiger partial charge in [-0.05, 0) is 36.8 Å². The molecule has 1 amide bonds. The van der Waals surface area contributed by atoms with Crippen LogP contribution in [-0.4, -0.2) is 26.6 Å². The van der Waals surface area contributed by atoms with Crippen LogP contribution in [0.4, 0.5) is 10.1 Å². The van der Waals surface area contributed by atoms with Crippen molar-refractivity contribution in [2.45, 2.75) is 17.9 Å². The van der Waals surface area contributed by atoms with Crippen molar-refractivity contribution in [2.24, 2.45) is 0 Å². The van der Waals surface area contributed by atoms with Crippen LogP contribution in [0.2, 0.25) is 0 Å². The molecule has 0 saturated heterocycles. The molecule has 23 heavy (non-hydrogen) atoms. The van der Waals surface area contributed by atoms with E-state index >= 15 is 0 Å². The fourth-order valence-electron chi connectivity index (χ4n) is 2.14. The fourth-order valence-corrected chi connectivity index (χ4v) is 3.52. The van der Waals surface area contributed by atoms with Gasteiger partial charge in [0.05, 0.1) is 5.75 Å². The van der Waals surface area contributed by atoms with E-state index in [0.717, 1.165) is 0 Å². The van der Waals surface area contributed by atoms with E-state index in [2.05, 4.69) is 0 Å². The van der Waals surface area contributed by atoms with Crippen molar-refractivity contribution in [1.82, 2.24) is 0 Å². The van der Waals surface area contributed by atoms with E-state index in [1.807, 2.05) is 6.07 Å². The van der Waals surface area contributed by atoms with Crippen LogP contribution in [0.3, 0.4) is 0 Å². The zero-order valence-corrected chi connectivity index (χ0v) is 13.8. The molecule has 0 aliphatic heterocycles. The third-order valence-electron chi connectivity index (χ3n) is 3.64. The minimum Gasteiger partial charge on any atom is -0.314 e. The van der Waals surface area contributed by atoms with Gasteiger partial charge in [0.2, 0.25) is 5.91 Å². The number of anilines is 1. The van der Waals surface area contributed by atoms with Gasteiger partial charge in [-0.25, -0.2) is 12.8 Å². The number of carbonyl (C=O) groups excluding carboxylic acids is 1. The van der Waals surface area contributed by atoms with Gasteiger partial charge < -0.3 is 4.90 Å². The fraction of sp³-hybridized carbons (Fsp3) is 0.235. The zero-order valence-electron chi connectivity index (χ0n) is 12.9. The summed E-state index contributed by atoms with van der Waals surface area (Å²) in [4.78, 5) is 13.7. The lowest BCUT2D eigenvalue weighted by Gasteiger charge is -2.21. The molecule has 0 aliphatic rings. The Morgan fingerprint density at radius 3 is 2.22 bits per heavy atom. The third kappa shape index (κ3) is 4.16.